The van der Waals surface area contributed by atoms with Crippen LogP contribution in [0.2, 0.25) is 5.02 Å². The normalized spacial score (nSPS) is 11.1. The maximum atomic E-state index is 13.8. The molecule has 0 bridgehead atoms. The van der Waals surface area contributed by atoms with E-state index < -0.39 is 11.2 Å². The molecule has 1 rings (SSSR count). The Bertz CT molecular complexity index is 391. The second kappa shape index (κ2) is 4.63. The van der Waals surface area contributed by atoms with Crippen LogP contribution < -0.4 is 0 Å². The third-order valence-corrected chi connectivity index (χ3v) is 3.18. The van der Waals surface area contributed by atoms with Gasteiger partial charge in [0.15, 0.2) is 0 Å². The molecule has 80 valence electrons. The highest BCUT2D eigenvalue weighted by molar-refractivity contribution is 6.30. The summed E-state index contributed by atoms with van der Waals surface area (Å²) in [6.07, 6.45) is 1.16. The zero-order chi connectivity index (χ0) is 11.5. The Morgan fingerprint density at radius 2 is 2.00 bits per heavy atom. The minimum absolute atomic E-state index is 0.0778. The Hall–Kier alpha value is -1.07. The Kier molecular flexibility index (Phi) is 3.71. The van der Waals surface area contributed by atoms with Gasteiger partial charge in [-0.05, 0) is 18.9 Å². The van der Waals surface area contributed by atoms with Gasteiger partial charge in [-0.25, -0.2) is 4.39 Å². The highest BCUT2D eigenvalue weighted by Crippen LogP contribution is 2.34. The summed E-state index contributed by atoms with van der Waals surface area (Å²) >= 11 is 5.71. The lowest BCUT2D eigenvalue weighted by molar-refractivity contribution is 0.475. The van der Waals surface area contributed by atoms with Crippen LogP contribution in [-0.2, 0) is 5.41 Å². The van der Waals surface area contributed by atoms with E-state index in [0.717, 1.165) is 0 Å². The molecule has 0 spiro atoms. The Labute approximate surface area is 94.5 Å². The van der Waals surface area contributed by atoms with Crippen LogP contribution in [0.4, 0.5) is 4.39 Å². The van der Waals surface area contributed by atoms with E-state index in [1.807, 2.05) is 13.8 Å². The SMILES string of the molecule is CCC(C#N)(CC)c1cccc(Cl)c1F. The van der Waals surface area contributed by atoms with Crippen molar-refractivity contribution in [2.75, 3.05) is 0 Å². The number of hydrogen-bond donors (Lipinski definition) is 0. The van der Waals surface area contributed by atoms with Crippen molar-refractivity contribution in [2.45, 2.75) is 32.1 Å². The molecule has 0 saturated heterocycles. The van der Waals surface area contributed by atoms with E-state index in [2.05, 4.69) is 6.07 Å². The number of rotatable bonds is 3. The highest BCUT2D eigenvalue weighted by Gasteiger charge is 2.31. The van der Waals surface area contributed by atoms with E-state index in [4.69, 9.17) is 11.6 Å². The maximum absolute atomic E-state index is 13.8. The Morgan fingerprint density at radius 1 is 1.40 bits per heavy atom. The van der Waals surface area contributed by atoms with Crippen LogP contribution in [0.15, 0.2) is 18.2 Å². The molecule has 0 unspecified atom stereocenters. The third-order valence-electron chi connectivity index (χ3n) is 2.89. The second-order valence-electron chi connectivity index (χ2n) is 3.50. The first kappa shape index (κ1) is 12.0. The molecule has 0 aliphatic carbocycles. The van der Waals surface area contributed by atoms with Crippen molar-refractivity contribution in [1.29, 1.82) is 5.26 Å². The van der Waals surface area contributed by atoms with Gasteiger partial charge >= 0.3 is 0 Å². The van der Waals surface area contributed by atoms with Gasteiger partial charge in [-0.1, -0.05) is 37.6 Å². The summed E-state index contributed by atoms with van der Waals surface area (Å²) in [7, 11) is 0. The lowest BCUT2D eigenvalue weighted by Crippen LogP contribution is -2.23. The maximum Gasteiger partial charge on any atom is 0.146 e. The molecule has 0 amide bonds. The predicted molar refractivity (Wildman–Crippen MR) is 59.3 cm³/mol. The molecule has 0 aromatic heterocycles. The molecular formula is C12H13ClFN. The van der Waals surface area contributed by atoms with Crippen LogP contribution in [0.3, 0.4) is 0 Å². The third kappa shape index (κ3) is 1.98. The van der Waals surface area contributed by atoms with Gasteiger partial charge in [0, 0.05) is 5.56 Å². The number of benzene rings is 1. The van der Waals surface area contributed by atoms with E-state index in [1.165, 1.54) is 6.07 Å². The molecule has 0 aliphatic heterocycles. The molecule has 15 heavy (non-hydrogen) atoms. The summed E-state index contributed by atoms with van der Waals surface area (Å²) in [6, 6.07) is 7.01. The van der Waals surface area contributed by atoms with Gasteiger partial charge in [0.05, 0.1) is 16.5 Å². The minimum atomic E-state index is -0.755. The van der Waals surface area contributed by atoms with Crippen molar-refractivity contribution in [3.8, 4) is 6.07 Å². The fraction of sp³-hybridized carbons (Fsp3) is 0.417. The fourth-order valence-electron chi connectivity index (χ4n) is 1.72. The van der Waals surface area contributed by atoms with Crippen LogP contribution in [0.5, 0.6) is 0 Å². The molecule has 0 N–H and O–H groups in total. The first-order chi connectivity index (χ1) is 7.11. The van der Waals surface area contributed by atoms with Gasteiger partial charge in [0.2, 0.25) is 0 Å². The summed E-state index contributed by atoms with van der Waals surface area (Å²) in [4.78, 5) is 0. The monoisotopic (exact) mass is 225 g/mol. The lowest BCUT2D eigenvalue weighted by atomic mass is 9.77. The van der Waals surface area contributed by atoms with Crippen molar-refractivity contribution in [1.82, 2.24) is 0 Å². The van der Waals surface area contributed by atoms with E-state index in [9.17, 15) is 9.65 Å². The summed E-state index contributed by atoms with van der Waals surface area (Å²) < 4.78 is 13.8. The molecular weight excluding hydrogens is 213 g/mol. The molecule has 0 fully saturated rings. The van der Waals surface area contributed by atoms with Crippen molar-refractivity contribution >= 4 is 11.6 Å². The predicted octanol–water partition coefficient (Wildman–Crippen LogP) is 4.06. The molecule has 3 heteroatoms. The zero-order valence-electron chi connectivity index (χ0n) is 8.85. The van der Waals surface area contributed by atoms with Gasteiger partial charge in [-0.2, -0.15) is 5.26 Å². The second-order valence-corrected chi connectivity index (χ2v) is 3.91. The summed E-state index contributed by atoms with van der Waals surface area (Å²) in [5, 5.41) is 9.26. The van der Waals surface area contributed by atoms with E-state index >= 15 is 0 Å². The standard InChI is InChI=1S/C12H13ClFN/c1-3-12(4-2,8-15)9-6-5-7-10(13)11(9)14/h5-7H,3-4H2,1-2H3. The van der Waals surface area contributed by atoms with E-state index in [1.54, 1.807) is 12.1 Å². The quantitative estimate of drug-likeness (QED) is 0.761. The number of halogens is 2. The number of nitriles is 1. The highest BCUT2D eigenvalue weighted by atomic mass is 35.5. The largest absolute Gasteiger partial charge is 0.205 e. The average molecular weight is 226 g/mol. The number of hydrogen-bond acceptors (Lipinski definition) is 1. The summed E-state index contributed by atoms with van der Waals surface area (Å²) in [5.74, 6) is -0.468. The summed E-state index contributed by atoms with van der Waals surface area (Å²) in [5.41, 5.74) is -0.350. The molecule has 0 heterocycles. The van der Waals surface area contributed by atoms with Gasteiger partial charge in [0.1, 0.15) is 5.82 Å². The zero-order valence-corrected chi connectivity index (χ0v) is 9.61. The van der Waals surface area contributed by atoms with Gasteiger partial charge in [-0.15, -0.1) is 0 Å². The van der Waals surface area contributed by atoms with Crippen molar-refractivity contribution < 1.29 is 4.39 Å². The van der Waals surface area contributed by atoms with Crippen molar-refractivity contribution in [2.24, 2.45) is 0 Å². The van der Waals surface area contributed by atoms with Gasteiger partial charge < -0.3 is 0 Å². The fourth-order valence-corrected chi connectivity index (χ4v) is 1.90. The summed E-state index contributed by atoms with van der Waals surface area (Å²) in [6.45, 7) is 3.76. The molecule has 0 radical (unpaired) electrons. The Balaban J connectivity index is 3.37. The van der Waals surface area contributed by atoms with E-state index in [0.29, 0.717) is 18.4 Å². The molecule has 1 nitrogen and oxygen atoms in total. The van der Waals surface area contributed by atoms with Crippen LogP contribution in [0, 0.1) is 17.1 Å². The van der Waals surface area contributed by atoms with Crippen LogP contribution >= 0.6 is 11.6 Å². The molecule has 1 aromatic carbocycles. The molecule has 0 saturated carbocycles. The van der Waals surface area contributed by atoms with Crippen molar-refractivity contribution in [3.63, 3.8) is 0 Å². The van der Waals surface area contributed by atoms with Gasteiger partial charge in [-0.3, -0.25) is 0 Å². The topological polar surface area (TPSA) is 23.8 Å². The van der Waals surface area contributed by atoms with Crippen LogP contribution in [0.25, 0.3) is 0 Å². The van der Waals surface area contributed by atoms with Crippen molar-refractivity contribution in [3.05, 3.63) is 34.6 Å². The number of nitrogens with zero attached hydrogens (tertiary/aromatic N) is 1. The molecule has 0 aliphatic rings. The Morgan fingerprint density at radius 3 is 2.47 bits per heavy atom. The smallest absolute Gasteiger partial charge is 0.146 e. The van der Waals surface area contributed by atoms with E-state index in [-0.39, 0.29) is 5.02 Å². The van der Waals surface area contributed by atoms with Crippen LogP contribution in [-0.4, -0.2) is 0 Å². The lowest BCUT2D eigenvalue weighted by Gasteiger charge is -2.24. The first-order valence-corrected chi connectivity index (χ1v) is 5.34. The minimum Gasteiger partial charge on any atom is -0.205 e. The van der Waals surface area contributed by atoms with Crippen LogP contribution in [0.1, 0.15) is 32.3 Å². The molecule has 0 atom stereocenters. The van der Waals surface area contributed by atoms with Gasteiger partial charge in [0.25, 0.3) is 0 Å². The molecule has 1 aromatic rings. The first-order valence-electron chi connectivity index (χ1n) is 4.97. The average Bonchev–Trinajstić information content (AvgIpc) is 2.27.